The first-order valence-corrected chi connectivity index (χ1v) is 23.9. The summed E-state index contributed by atoms with van der Waals surface area (Å²) >= 11 is 30.1. The third-order valence-corrected chi connectivity index (χ3v) is 14.6. The maximum absolute atomic E-state index is 9.10. The summed E-state index contributed by atoms with van der Waals surface area (Å²) in [6.45, 7) is 29.5. The van der Waals surface area contributed by atoms with E-state index in [9.17, 15) is 0 Å². The van der Waals surface area contributed by atoms with E-state index in [1.807, 2.05) is 52.1 Å². The molecule has 0 saturated carbocycles. The van der Waals surface area contributed by atoms with Crippen molar-refractivity contribution in [3.8, 4) is 0 Å². The molecule has 1 aliphatic rings. The van der Waals surface area contributed by atoms with E-state index in [1.54, 1.807) is 91.9 Å². The number of nitrogens with zero attached hydrogens (tertiary/aromatic N) is 2. The summed E-state index contributed by atoms with van der Waals surface area (Å²) in [5.74, 6) is 0.925. The van der Waals surface area contributed by atoms with E-state index in [1.165, 1.54) is 11.1 Å². The molecule has 4 aromatic rings. The van der Waals surface area contributed by atoms with Crippen LogP contribution in [0.25, 0.3) is 0 Å². The molecule has 17 heteroatoms. The van der Waals surface area contributed by atoms with Gasteiger partial charge in [0.05, 0.1) is 80.2 Å². The summed E-state index contributed by atoms with van der Waals surface area (Å²) in [5.41, 5.74) is 0.635. The van der Waals surface area contributed by atoms with Gasteiger partial charge in [-0.05, 0) is 180 Å². The molecule has 1 fully saturated rings. The van der Waals surface area contributed by atoms with Gasteiger partial charge in [-0.3, -0.25) is 9.98 Å². The van der Waals surface area contributed by atoms with Crippen molar-refractivity contribution < 1.29 is 29.7 Å². The highest BCUT2D eigenvalue weighted by Gasteiger charge is 2.52. The van der Waals surface area contributed by atoms with Gasteiger partial charge in [-0.15, -0.1) is 0 Å². The van der Waals surface area contributed by atoms with E-state index < -0.39 is 29.5 Å². The Kier molecular flexibility index (Phi) is 28.7. The highest BCUT2D eigenvalue weighted by Crippen LogP contribution is 2.38. The Morgan fingerprint density at radius 1 is 0.621 bits per heavy atom. The lowest BCUT2D eigenvalue weighted by molar-refractivity contribution is -0.107. The fraction of sp³-hybridized carbons (Fsp3) is 0.510. The molecule has 0 unspecified atom stereocenters. The van der Waals surface area contributed by atoms with Crippen molar-refractivity contribution in [2.75, 3.05) is 0 Å². The largest absolute Gasteiger partial charge is 0.494 e. The number of benzene rings is 3. The summed E-state index contributed by atoms with van der Waals surface area (Å²) in [4.78, 5) is 9.02. The molecular formula is C49H71B3Br2Cl4N2O6. The topological polar surface area (TPSA) is 125 Å². The second-order valence-corrected chi connectivity index (χ2v) is 22.0. The van der Waals surface area contributed by atoms with Crippen molar-refractivity contribution in [2.45, 2.75) is 164 Å². The number of aromatic nitrogens is 1. The average molecular weight is 1120 g/mol. The number of hydrogen-bond acceptors (Lipinski definition) is 8. The molecule has 1 aliphatic heterocycles. The van der Waals surface area contributed by atoms with Gasteiger partial charge in [0.25, 0.3) is 0 Å². The van der Waals surface area contributed by atoms with Gasteiger partial charge in [-0.25, -0.2) is 0 Å². The minimum absolute atomic E-state index is 0. The predicted molar refractivity (Wildman–Crippen MR) is 294 cm³/mol. The fourth-order valence-corrected chi connectivity index (χ4v) is 5.81. The van der Waals surface area contributed by atoms with E-state index in [2.05, 4.69) is 98.2 Å². The number of aliphatic imine (C=N–C) groups is 1. The molecule has 5 rings (SSSR count). The summed E-state index contributed by atoms with van der Waals surface area (Å²) in [5, 5.41) is 38.8. The van der Waals surface area contributed by atoms with Crippen LogP contribution >= 0.6 is 78.3 Å². The SMILES string of the molecule is C.CC(C)(O)C(C)(C)O.CC(C)(O)C(C)(C)O.CC(C)c1cccc(C(C)C)c1N=Cc1ccccn1.CC1(C)OB(c2cc(Cl)c(Br)c(Cl)c2)OC1(C)C.Clc1cccc(Cl)c1Br.[B][B]. The van der Waals surface area contributed by atoms with Gasteiger partial charge in [0.2, 0.25) is 0 Å². The van der Waals surface area contributed by atoms with Crippen molar-refractivity contribution in [2.24, 2.45) is 4.99 Å². The monoisotopic (exact) mass is 1110 g/mol. The number of pyridine rings is 1. The fourth-order valence-electron chi connectivity index (χ4n) is 4.41. The van der Waals surface area contributed by atoms with Crippen molar-refractivity contribution in [3.05, 3.63) is 119 Å². The molecule has 2 heterocycles. The summed E-state index contributed by atoms with van der Waals surface area (Å²) < 4.78 is 13.3. The van der Waals surface area contributed by atoms with Gasteiger partial charge in [0.1, 0.15) is 0 Å². The number of halogens is 6. The summed E-state index contributed by atoms with van der Waals surface area (Å²) in [7, 11) is 7.55. The number of para-hydroxylation sites is 1. The molecule has 8 nitrogen and oxygen atoms in total. The lowest BCUT2D eigenvalue weighted by Crippen LogP contribution is -2.44. The van der Waals surface area contributed by atoms with Crippen LogP contribution in [0, 0.1) is 0 Å². The molecular weight excluding hydrogens is 1050 g/mol. The van der Waals surface area contributed by atoms with E-state index in [0.29, 0.717) is 36.4 Å². The average Bonchev–Trinajstić information content (AvgIpc) is 3.41. The third-order valence-electron chi connectivity index (χ3n) is 10.8. The smallest absolute Gasteiger partial charge is 0.399 e. The Bertz CT molecular complexity index is 1950. The van der Waals surface area contributed by atoms with Crippen molar-refractivity contribution in [1.29, 1.82) is 0 Å². The maximum Gasteiger partial charge on any atom is 0.494 e. The lowest BCUT2D eigenvalue weighted by atomic mass is 9.79. The van der Waals surface area contributed by atoms with Crippen molar-refractivity contribution >= 4 is 118 Å². The second kappa shape index (κ2) is 28.4. The van der Waals surface area contributed by atoms with Crippen LogP contribution in [0.15, 0.2) is 86.9 Å². The zero-order valence-electron chi connectivity index (χ0n) is 40.7. The van der Waals surface area contributed by atoms with Gasteiger partial charge in [0, 0.05) is 21.7 Å². The molecule has 0 bridgehead atoms. The van der Waals surface area contributed by atoms with Crippen LogP contribution in [-0.4, -0.2) is 87.8 Å². The van der Waals surface area contributed by atoms with Crippen LogP contribution in [-0.2, 0) is 9.31 Å². The summed E-state index contributed by atoms with van der Waals surface area (Å²) in [6.07, 6.45) is 3.64. The number of hydrogen-bond donors (Lipinski definition) is 4. The van der Waals surface area contributed by atoms with E-state index in [0.717, 1.165) is 21.3 Å². The third kappa shape index (κ3) is 21.7. The molecule has 1 saturated heterocycles. The van der Waals surface area contributed by atoms with Crippen LogP contribution in [0.2, 0.25) is 20.1 Å². The molecule has 3 aromatic carbocycles. The van der Waals surface area contributed by atoms with Crippen LogP contribution in [0.4, 0.5) is 5.69 Å². The molecule has 364 valence electrons. The quantitative estimate of drug-likeness (QED) is 0.0825. The van der Waals surface area contributed by atoms with Gasteiger partial charge < -0.3 is 29.7 Å². The molecule has 0 spiro atoms. The zero-order valence-corrected chi connectivity index (χ0v) is 46.9. The molecule has 1 aromatic heterocycles. The molecule has 0 aliphatic carbocycles. The second-order valence-electron chi connectivity index (χ2n) is 18.8. The summed E-state index contributed by atoms with van der Waals surface area (Å²) in [6, 6.07) is 21.3. The molecule has 0 atom stereocenters. The van der Waals surface area contributed by atoms with E-state index in [4.69, 9.17) is 81.1 Å². The Hall–Kier alpha value is -1.45. The molecule has 4 N–H and O–H groups in total. The number of aliphatic hydroxyl groups is 4. The van der Waals surface area contributed by atoms with Crippen molar-refractivity contribution in [1.82, 2.24) is 4.98 Å². The maximum atomic E-state index is 9.10. The van der Waals surface area contributed by atoms with Crippen LogP contribution in [0.1, 0.15) is 147 Å². The van der Waals surface area contributed by atoms with Crippen LogP contribution < -0.4 is 5.46 Å². The highest BCUT2D eigenvalue weighted by atomic mass is 79.9. The Morgan fingerprint density at radius 3 is 1.27 bits per heavy atom. The van der Waals surface area contributed by atoms with Gasteiger partial charge in [-0.2, -0.15) is 0 Å². The van der Waals surface area contributed by atoms with Crippen molar-refractivity contribution in [3.63, 3.8) is 0 Å². The van der Waals surface area contributed by atoms with Crippen LogP contribution in [0.5, 0.6) is 0 Å². The lowest BCUT2D eigenvalue weighted by Gasteiger charge is -2.32. The van der Waals surface area contributed by atoms with Crippen LogP contribution in [0.3, 0.4) is 0 Å². The minimum Gasteiger partial charge on any atom is -0.399 e. The van der Waals surface area contributed by atoms with Gasteiger partial charge >= 0.3 is 7.12 Å². The normalized spacial score (nSPS) is 14.2. The first kappa shape index (κ1) is 66.6. The van der Waals surface area contributed by atoms with E-state index in [-0.39, 0.29) is 18.6 Å². The zero-order chi connectivity index (χ0) is 51.1. The first-order valence-electron chi connectivity index (χ1n) is 20.9. The first-order chi connectivity index (χ1) is 29.4. The van der Waals surface area contributed by atoms with E-state index >= 15 is 0 Å². The molecule has 0 amide bonds. The standard InChI is InChI=1S/C18H22N2.C12H14BBrCl2O2.C6H3BrCl2.2C6H14O2.CH4.B2/c1-13(2)16-9-7-10-17(14(3)4)18(16)20-12-15-8-5-6-11-19-15;1-11(2)12(3,4)18-13(17-11)7-5-8(15)10(14)9(16)6-7;7-6-4(8)2-1-3-5(6)9;2*1-5(2,7)6(3,4)8;;1-2/h5-14H,1-4H3;5-6H,1-4H3;1-3H;2*7-8H,1-4H3;1H4;. The number of rotatable bonds is 7. The minimum atomic E-state index is -1.01. The Labute approximate surface area is 437 Å². The van der Waals surface area contributed by atoms with Gasteiger partial charge in [0.15, 0.2) is 0 Å². The van der Waals surface area contributed by atoms with Gasteiger partial charge in [-0.1, -0.05) is 112 Å². The molecule has 66 heavy (non-hydrogen) atoms. The molecule has 4 radical (unpaired) electrons. The Balaban J connectivity index is 0. The Morgan fingerprint density at radius 2 is 0.970 bits per heavy atom. The highest BCUT2D eigenvalue weighted by molar-refractivity contribution is 9.11. The predicted octanol–water partition coefficient (Wildman–Crippen LogP) is 13.8.